The molecule has 0 bridgehead atoms. The molecule has 0 aliphatic rings. The third-order valence-electron chi connectivity index (χ3n) is 2.71. The van der Waals surface area contributed by atoms with E-state index in [1.165, 1.54) is 14.0 Å². The molecule has 1 aromatic rings. The highest BCUT2D eigenvalue weighted by molar-refractivity contribution is 5.83. The largest absolute Gasteiger partial charge is 0.497 e. The van der Waals surface area contributed by atoms with Crippen LogP contribution in [0.1, 0.15) is 12.5 Å². The Hall–Kier alpha value is -2.24. The zero-order chi connectivity index (χ0) is 15.1. The van der Waals surface area contributed by atoms with Gasteiger partial charge in [-0.2, -0.15) is 0 Å². The summed E-state index contributed by atoms with van der Waals surface area (Å²) in [6, 6.07) is 4.55. The molecule has 1 atom stereocenters. The summed E-state index contributed by atoms with van der Waals surface area (Å²) in [5.74, 6) is 0.439. The Morgan fingerprint density at radius 1 is 1.10 bits per heavy atom. The lowest BCUT2D eigenvalue weighted by molar-refractivity contribution is -0.144. The maximum absolute atomic E-state index is 11.7. The number of ether oxygens (including phenoxy) is 3. The average Bonchev–Trinajstić information content (AvgIpc) is 2.44. The van der Waals surface area contributed by atoms with Crippen LogP contribution in [0.25, 0.3) is 0 Å². The van der Waals surface area contributed by atoms with Crippen LogP contribution in [0.3, 0.4) is 0 Å². The van der Waals surface area contributed by atoms with Gasteiger partial charge in [-0.25, -0.2) is 4.79 Å². The van der Waals surface area contributed by atoms with E-state index in [0.717, 1.165) is 5.56 Å². The summed E-state index contributed by atoms with van der Waals surface area (Å²) in [4.78, 5) is 22.8. The first-order valence-corrected chi connectivity index (χ1v) is 6.07. The third kappa shape index (κ3) is 4.46. The maximum Gasteiger partial charge on any atom is 0.328 e. The molecule has 1 unspecified atom stereocenters. The molecule has 110 valence electrons. The highest BCUT2D eigenvalue weighted by atomic mass is 16.5. The first-order valence-electron chi connectivity index (χ1n) is 6.07. The van der Waals surface area contributed by atoms with Crippen molar-refractivity contribution in [2.24, 2.45) is 0 Å². The SMILES string of the molecule is COC(=O)C(Cc1cc(OC)cc(OC)c1)NC(C)=O. The highest BCUT2D eigenvalue weighted by Gasteiger charge is 2.21. The van der Waals surface area contributed by atoms with Crippen molar-refractivity contribution in [3.8, 4) is 11.5 Å². The second kappa shape index (κ2) is 7.37. The van der Waals surface area contributed by atoms with Crippen molar-refractivity contribution >= 4 is 11.9 Å². The van der Waals surface area contributed by atoms with Crippen molar-refractivity contribution < 1.29 is 23.8 Å². The van der Waals surface area contributed by atoms with Crippen molar-refractivity contribution in [3.63, 3.8) is 0 Å². The lowest BCUT2D eigenvalue weighted by Gasteiger charge is -2.16. The van der Waals surface area contributed by atoms with Gasteiger partial charge in [0.15, 0.2) is 0 Å². The molecule has 20 heavy (non-hydrogen) atoms. The van der Waals surface area contributed by atoms with Crippen LogP contribution in [0, 0.1) is 0 Å². The van der Waals surface area contributed by atoms with Gasteiger partial charge in [0.25, 0.3) is 0 Å². The minimum absolute atomic E-state index is 0.291. The number of hydrogen-bond acceptors (Lipinski definition) is 5. The molecule has 0 fully saturated rings. The average molecular weight is 281 g/mol. The predicted octanol–water partition coefficient (Wildman–Crippen LogP) is 0.924. The molecular formula is C14H19NO5. The van der Waals surface area contributed by atoms with Crippen LogP contribution in [-0.4, -0.2) is 39.2 Å². The second-order valence-corrected chi connectivity index (χ2v) is 4.20. The molecular weight excluding hydrogens is 262 g/mol. The smallest absolute Gasteiger partial charge is 0.328 e. The van der Waals surface area contributed by atoms with Crippen LogP contribution < -0.4 is 14.8 Å². The van der Waals surface area contributed by atoms with Gasteiger partial charge in [-0.1, -0.05) is 0 Å². The minimum Gasteiger partial charge on any atom is -0.497 e. The molecule has 0 aromatic heterocycles. The number of esters is 1. The topological polar surface area (TPSA) is 73.9 Å². The summed E-state index contributed by atoms with van der Waals surface area (Å²) in [6.45, 7) is 1.35. The molecule has 1 rings (SSSR count). The molecule has 0 heterocycles. The van der Waals surface area contributed by atoms with E-state index in [1.807, 2.05) is 0 Å². The van der Waals surface area contributed by atoms with Crippen LogP contribution in [0.4, 0.5) is 0 Å². The monoisotopic (exact) mass is 281 g/mol. The molecule has 0 aliphatic heterocycles. The van der Waals surface area contributed by atoms with Crippen LogP contribution in [-0.2, 0) is 20.7 Å². The quantitative estimate of drug-likeness (QED) is 0.785. The summed E-state index contributed by atoms with van der Waals surface area (Å²) in [6.07, 6.45) is 0.291. The Kier molecular flexibility index (Phi) is 5.83. The van der Waals surface area contributed by atoms with Gasteiger partial charge < -0.3 is 19.5 Å². The van der Waals surface area contributed by atoms with Gasteiger partial charge in [0.05, 0.1) is 21.3 Å². The van der Waals surface area contributed by atoms with Crippen molar-refractivity contribution in [2.75, 3.05) is 21.3 Å². The fourth-order valence-electron chi connectivity index (χ4n) is 1.80. The Morgan fingerprint density at radius 2 is 1.65 bits per heavy atom. The molecule has 0 saturated heterocycles. The van der Waals surface area contributed by atoms with Gasteiger partial charge >= 0.3 is 5.97 Å². The first-order chi connectivity index (χ1) is 9.49. The van der Waals surface area contributed by atoms with Crippen LogP contribution in [0.5, 0.6) is 11.5 Å². The number of methoxy groups -OCH3 is 3. The summed E-state index contributed by atoms with van der Waals surface area (Å²) < 4.78 is 15.0. The molecule has 6 nitrogen and oxygen atoms in total. The maximum atomic E-state index is 11.7. The van der Waals surface area contributed by atoms with Crippen molar-refractivity contribution in [1.82, 2.24) is 5.32 Å². The Balaban J connectivity index is 2.97. The van der Waals surface area contributed by atoms with E-state index in [-0.39, 0.29) is 5.91 Å². The van der Waals surface area contributed by atoms with Gasteiger partial charge in [-0.15, -0.1) is 0 Å². The number of carbonyl (C=O) groups excluding carboxylic acids is 2. The number of nitrogens with one attached hydrogen (secondary N) is 1. The van der Waals surface area contributed by atoms with E-state index in [9.17, 15) is 9.59 Å². The molecule has 0 spiro atoms. The van der Waals surface area contributed by atoms with E-state index in [0.29, 0.717) is 17.9 Å². The summed E-state index contributed by atoms with van der Waals surface area (Å²) in [7, 11) is 4.37. The number of rotatable bonds is 6. The lowest BCUT2D eigenvalue weighted by Crippen LogP contribution is -2.41. The van der Waals surface area contributed by atoms with Crippen molar-refractivity contribution in [2.45, 2.75) is 19.4 Å². The van der Waals surface area contributed by atoms with E-state index >= 15 is 0 Å². The molecule has 0 aliphatic carbocycles. The van der Waals surface area contributed by atoms with Crippen molar-refractivity contribution in [1.29, 1.82) is 0 Å². The fourth-order valence-corrected chi connectivity index (χ4v) is 1.80. The van der Waals surface area contributed by atoms with Crippen LogP contribution >= 0.6 is 0 Å². The first kappa shape index (κ1) is 15.8. The van der Waals surface area contributed by atoms with Gasteiger partial charge in [-0.05, 0) is 17.7 Å². The molecule has 1 N–H and O–H groups in total. The third-order valence-corrected chi connectivity index (χ3v) is 2.71. The van der Waals surface area contributed by atoms with Gasteiger partial charge in [0.2, 0.25) is 5.91 Å². The lowest BCUT2D eigenvalue weighted by atomic mass is 10.0. The molecule has 1 aromatic carbocycles. The van der Waals surface area contributed by atoms with Crippen LogP contribution in [0.2, 0.25) is 0 Å². The molecule has 1 amide bonds. The fraction of sp³-hybridized carbons (Fsp3) is 0.429. The second-order valence-electron chi connectivity index (χ2n) is 4.20. The van der Waals surface area contributed by atoms with Gasteiger partial charge in [-0.3, -0.25) is 4.79 Å². The van der Waals surface area contributed by atoms with E-state index in [1.54, 1.807) is 32.4 Å². The van der Waals surface area contributed by atoms with Crippen molar-refractivity contribution in [3.05, 3.63) is 23.8 Å². The van der Waals surface area contributed by atoms with E-state index in [4.69, 9.17) is 9.47 Å². The molecule has 0 saturated carbocycles. The van der Waals surface area contributed by atoms with Gasteiger partial charge in [0.1, 0.15) is 17.5 Å². The molecule has 6 heteroatoms. The normalized spacial score (nSPS) is 11.4. The standard InChI is InChI=1S/C14H19NO5/c1-9(16)15-13(14(17)20-4)7-10-5-11(18-2)8-12(6-10)19-3/h5-6,8,13H,7H2,1-4H3,(H,15,16). The summed E-state index contributed by atoms with van der Waals surface area (Å²) >= 11 is 0. The summed E-state index contributed by atoms with van der Waals surface area (Å²) in [5.41, 5.74) is 0.797. The zero-order valence-electron chi connectivity index (χ0n) is 12.1. The number of amides is 1. The molecule has 0 radical (unpaired) electrons. The van der Waals surface area contributed by atoms with Gasteiger partial charge in [0, 0.05) is 19.4 Å². The summed E-state index contributed by atoms with van der Waals surface area (Å²) in [5, 5.41) is 2.56. The Morgan fingerprint density at radius 3 is 2.05 bits per heavy atom. The number of hydrogen-bond donors (Lipinski definition) is 1. The minimum atomic E-state index is -0.741. The van der Waals surface area contributed by atoms with E-state index in [2.05, 4.69) is 10.1 Å². The predicted molar refractivity (Wildman–Crippen MR) is 72.9 cm³/mol. The highest BCUT2D eigenvalue weighted by Crippen LogP contribution is 2.23. The Bertz CT molecular complexity index is 464. The zero-order valence-corrected chi connectivity index (χ0v) is 12.1. The van der Waals surface area contributed by atoms with E-state index < -0.39 is 12.0 Å². The number of carbonyl (C=O) groups is 2. The number of benzene rings is 1. The van der Waals surface area contributed by atoms with Crippen LogP contribution in [0.15, 0.2) is 18.2 Å². The Labute approximate surface area is 118 Å².